The molecule has 1 aromatic carbocycles. The molecule has 1 heterocycles. The summed E-state index contributed by atoms with van der Waals surface area (Å²) in [5.41, 5.74) is 15.0. The Bertz CT molecular complexity index is 875. The van der Waals surface area contributed by atoms with E-state index in [9.17, 15) is 14.7 Å². The van der Waals surface area contributed by atoms with Gasteiger partial charge in [0.15, 0.2) is 0 Å². The van der Waals surface area contributed by atoms with Gasteiger partial charge in [0, 0.05) is 24.5 Å². The normalized spacial score (nSPS) is 13.2. The molecule has 1 aromatic heterocycles. The Balaban J connectivity index is 2.18. The molecule has 2 amide bonds. The molecule has 0 aliphatic rings. The molecule has 2 aromatic rings. The van der Waals surface area contributed by atoms with Crippen molar-refractivity contribution in [3.8, 4) is 5.75 Å². The fourth-order valence-electron chi connectivity index (χ4n) is 3.10. The monoisotopic (exact) mass is 397 g/mol. The highest BCUT2D eigenvalue weighted by atomic mass is 16.3. The molecule has 8 nitrogen and oxygen atoms in total. The lowest BCUT2D eigenvalue weighted by molar-refractivity contribution is -0.139. The number of hydrogen-bond acceptors (Lipinski definition) is 6. The van der Waals surface area contributed by atoms with E-state index in [2.05, 4.69) is 9.97 Å². The van der Waals surface area contributed by atoms with E-state index in [1.165, 1.54) is 11.2 Å². The molecular formula is C21H27N5O3. The fraction of sp³-hybridized carbons (Fsp3) is 0.333. The van der Waals surface area contributed by atoms with Crippen LogP contribution in [-0.4, -0.2) is 50.4 Å². The fourth-order valence-corrected chi connectivity index (χ4v) is 3.10. The lowest BCUT2D eigenvalue weighted by Gasteiger charge is -2.29. The first-order valence-corrected chi connectivity index (χ1v) is 9.26. The maximum atomic E-state index is 13.0. The summed E-state index contributed by atoms with van der Waals surface area (Å²) in [6.45, 7) is 5.45. The number of nitrogens with zero attached hydrogens (tertiary/aromatic N) is 3. The van der Waals surface area contributed by atoms with E-state index in [1.807, 2.05) is 13.8 Å². The molecule has 29 heavy (non-hydrogen) atoms. The molecule has 0 bridgehead atoms. The number of primary amides is 1. The zero-order valence-electron chi connectivity index (χ0n) is 16.9. The summed E-state index contributed by atoms with van der Waals surface area (Å²) in [5, 5.41) is 9.70. The first kappa shape index (κ1) is 22.0. The van der Waals surface area contributed by atoms with Crippen LogP contribution < -0.4 is 11.5 Å². The largest absolute Gasteiger partial charge is 0.508 e. The highest BCUT2D eigenvalue weighted by Crippen LogP contribution is 2.22. The predicted molar refractivity (Wildman–Crippen MR) is 111 cm³/mol. The number of aromatic hydroxyl groups is 1. The van der Waals surface area contributed by atoms with Crippen molar-refractivity contribution in [2.45, 2.75) is 39.3 Å². The minimum atomic E-state index is -0.854. The highest BCUT2D eigenvalue weighted by molar-refractivity contribution is 5.89. The zero-order chi connectivity index (χ0) is 21.6. The number of hydrogen-bond donors (Lipinski definition) is 3. The summed E-state index contributed by atoms with van der Waals surface area (Å²) >= 11 is 0. The quantitative estimate of drug-likeness (QED) is 0.610. The molecule has 0 radical (unpaired) electrons. The standard InChI is InChI=1S/C21H27N5O3/c1-13-7-17(27)8-14(2)18(13)9-19(22)21(29)26(15(3)20(23)28)6-4-5-16-10-24-12-25-11-16/h4-5,7-8,10-12,15,19,27H,6,9,22H2,1-3H3,(H2,23,28)/b5-4+/t15-,19+/m1/s1. The summed E-state index contributed by atoms with van der Waals surface area (Å²) in [4.78, 5) is 33.9. The number of phenols is 1. The number of carbonyl (C=O) groups excluding carboxylic acids is 2. The number of nitrogens with two attached hydrogens (primary N) is 2. The van der Waals surface area contributed by atoms with Gasteiger partial charge in [0.1, 0.15) is 18.1 Å². The Hall–Kier alpha value is -3.26. The van der Waals surface area contributed by atoms with Crippen LogP contribution in [0.3, 0.4) is 0 Å². The van der Waals surface area contributed by atoms with Crippen molar-refractivity contribution in [2.75, 3.05) is 6.54 Å². The van der Waals surface area contributed by atoms with Crippen LogP contribution in [0.2, 0.25) is 0 Å². The average Bonchev–Trinajstić information content (AvgIpc) is 2.67. The van der Waals surface area contributed by atoms with Crippen molar-refractivity contribution in [3.63, 3.8) is 0 Å². The molecule has 0 aliphatic heterocycles. The van der Waals surface area contributed by atoms with Crippen LogP contribution in [0.15, 0.2) is 36.9 Å². The Morgan fingerprint density at radius 3 is 2.34 bits per heavy atom. The summed E-state index contributed by atoms with van der Waals surface area (Å²) in [7, 11) is 0. The van der Waals surface area contributed by atoms with Gasteiger partial charge >= 0.3 is 0 Å². The van der Waals surface area contributed by atoms with Crippen LogP contribution in [-0.2, 0) is 16.0 Å². The molecule has 2 rings (SSSR count). The van der Waals surface area contributed by atoms with Gasteiger partial charge in [-0.15, -0.1) is 0 Å². The Labute approximate surface area is 170 Å². The Morgan fingerprint density at radius 1 is 1.21 bits per heavy atom. The third-order valence-electron chi connectivity index (χ3n) is 4.78. The SMILES string of the molecule is Cc1cc(O)cc(C)c1C[C@H](N)C(=O)N(C/C=C/c1cncnc1)[C@H](C)C(N)=O. The van der Waals surface area contributed by atoms with E-state index in [-0.39, 0.29) is 24.6 Å². The molecule has 0 saturated heterocycles. The smallest absolute Gasteiger partial charge is 0.240 e. The lowest BCUT2D eigenvalue weighted by Crippen LogP contribution is -2.52. The van der Waals surface area contributed by atoms with Gasteiger partial charge in [-0.05, 0) is 56.0 Å². The van der Waals surface area contributed by atoms with Crippen LogP contribution >= 0.6 is 0 Å². The van der Waals surface area contributed by atoms with Crippen LogP contribution in [0, 0.1) is 13.8 Å². The maximum absolute atomic E-state index is 13.0. The molecule has 0 aliphatic carbocycles. The van der Waals surface area contributed by atoms with E-state index in [0.717, 1.165) is 22.3 Å². The van der Waals surface area contributed by atoms with Crippen LogP contribution in [0.5, 0.6) is 5.75 Å². The highest BCUT2D eigenvalue weighted by Gasteiger charge is 2.28. The minimum absolute atomic E-state index is 0.166. The second kappa shape index (κ2) is 9.79. The van der Waals surface area contributed by atoms with Crippen LogP contribution in [0.1, 0.15) is 29.2 Å². The predicted octanol–water partition coefficient (Wildman–Crippen LogP) is 1.08. The maximum Gasteiger partial charge on any atom is 0.240 e. The number of benzene rings is 1. The molecule has 0 fully saturated rings. The molecule has 154 valence electrons. The Morgan fingerprint density at radius 2 is 1.79 bits per heavy atom. The van der Waals surface area contributed by atoms with Crippen molar-refractivity contribution >= 4 is 17.9 Å². The first-order valence-electron chi connectivity index (χ1n) is 9.26. The van der Waals surface area contributed by atoms with Gasteiger partial charge in [-0.2, -0.15) is 0 Å². The second-order valence-corrected chi connectivity index (χ2v) is 7.01. The number of amides is 2. The van der Waals surface area contributed by atoms with Crippen molar-refractivity contribution in [1.82, 2.24) is 14.9 Å². The van der Waals surface area contributed by atoms with Crippen molar-refractivity contribution in [2.24, 2.45) is 11.5 Å². The number of aromatic nitrogens is 2. The number of rotatable bonds is 8. The van der Waals surface area contributed by atoms with Gasteiger partial charge < -0.3 is 21.5 Å². The summed E-state index contributed by atoms with van der Waals surface area (Å²) in [6, 6.07) is 1.60. The molecule has 8 heteroatoms. The van der Waals surface area contributed by atoms with Gasteiger partial charge in [-0.3, -0.25) is 9.59 Å². The van der Waals surface area contributed by atoms with E-state index >= 15 is 0 Å². The van der Waals surface area contributed by atoms with E-state index in [0.29, 0.717) is 0 Å². The molecule has 2 atom stereocenters. The van der Waals surface area contributed by atoms with Crippen molar-refractivity contribution in [3.05, 3.63) is 59.2 Å². The van der Waals surface area contributed by atoms with Gasteiger partial charge in [0.2, 0.25) is 11.8 Å². The van der Waals surface area contributed by atoms with Gasteiger partial charge in [-0.25, -0.2) is 9.97 Å². The molecular weight excluding hydrogens is 370 g/mol. The first-order chi connectivity index (χ1) is 13.7. The molecule has 0 spiro atoms. The van der Waals surface area contributed by atoms with E-state index < -0.39 is 18.0 Å². The molecule has 0 unspecified atom stereocenters. The van der Waals surface area contributed by atoms with Gasteiger partial charge in [0.25, 0.3) is 0 Å². The summed E-state index contributed by atoms with van der Waals surface area (Å²) in [5.74, 6) is -0.821. The Kier molecular flexibility index (Phi) is 7.44. The zero-order valence-corrected chi connectivity index (χ0v) is 16.9. The third kappa shape index (κ3) is 5.86. The number of aryl methyl sites for hydroxylation is 2. The summed E-state index contributed by atoms with van der Waals surface area (Å²) < 4.78 is 0. The van der Waals surface area contributed by atoms with E-state index in [4.69, 9.17) is 11.5 Å². The van der Waals surface area contributed by atoms with Gasteiger partial charge in [-0.1, -0.05) is 12.2 Å². The minimum Gasteiger partial charge on any atom is -0.508 e. The van der Waals surface area contributed by atoms with Crippen molar-refractivity contribution in [1.29, 1.82) is 0 Å². The average molecular weight is 397 g/mol. The molecule has 0 saturated carbocycles. The third-order valence-corrected chi connectivity index (χ3v) is 4.78. The molecule has 5 N–H and O–H groups in total. The number of phenolic OH excluding ortho intramolecular Hbond substituents is 1. The summed E-state index contributed by atoms with van der Waals surface area (Å²) in [6.07, 6.45) is 8.47. The van der Waals surface area contributed by atoms with Crippen LogP contribution in [0.25, 0.3) is 6.08 Å². The van der Waals surface area contributed by atoms with Gasteiger partial charge in [0.05, 0.1) is 6.04 Å². The van der Waals surface area contributed by atoms with Crippen LogP contribution in [0.4, 0.5) is 0 Å². The second-order valence-electron chi connectivity index (χ2n) is 7.01. The number of carbonyl (C=O) groups is 2. The van der Waals surface area contributed by atoms with E-state index in [1.54, 1.807) is 43.6 Å². The lowest BCUT2D eigenvalue weighted by atomic mass is 9.95. The topological polar surface area (TPSA) is 135 Å². The van der Waals surface area contributed by atoms with Crippen molar-refractivity contribution < 1.29 is 14.7 Å².